The number of hydrogen-bond acceptors (Lipinski definition) is 3. The lowest BCUT2D eigenvalue weighted by atomic mass is 10.0. The maximum absolute atomic E-state index is 6.02. The van der Waals surface area contributed by atoms with Crippen LogP contribution in [0.5, 0.6) is 0 Å². The predicted octanol–water partition coefficient (Wildman–Crippen LogP) is 2.02. The van der Waals surface area contributed by atoms with Gasteiger partial charge in [-0.2, -0.15) is 0 Å². The van der Waals surface area contributed by atoms with Crippen molar-refractivity contribution in [3.63, 3.8) is 0 Å². The summed E-state index contributed by atoms with van der Waals surface area (Å²) in [6.45, 7) is 6.81. The molecule has 3 aliphatic rings. The highest BCUT2D eigenvalue weighted by molar-refractivity contribution is 4.88. The fourth-order valence-electron chi connectivity index (χ4n) is 4.09. The van der Waals surface area contributed by atoms with Crippen molar-refractivity contribution in [2.45, 2.75) is 63.6 Å². The summed E-state index contributed by atoms with van der Waals surface area (Å²) in [5, 5.41) is 3.78. The molecule has 2 heterocycles. The summed E-state index contributed by atoms with van der Waals surface area (Å²) in [6.07, 6.45) is 8.69. The van der Waals surface area contributed by atoms with Crippen LogP contribution < -0.4 is 5.32 Å². The Morgan fingerprint density at radius 3 is 3.06 bits per heavy atom. The van der Waals surface area contributed by atoms with Crippen LogP contribution in [0.2, 0.25) is 0 Å². The predicted molar refractivity (Wildman–Crippen MR) is 73.8 cm³/mol. The number of fused-ring (bicyclic) bond motifs is 1. The molecular weight excluding hydrogens is 224 g/mol. The zero-order valence-corrected chi connectivity index (χ0v) is 11.7. The topological polar surface area (TPSA) is 24.5 Å². The van der Waals surface area contributed by atoms with Crippen molar-refractivity contribution >= 4 is 0 Å². The molecule has 0 amide bonds. The maximum atomic E-state index is 6.02. The minimum Gasteiger partial charge on any atom is -0.374 e. The molecule has 4 unspecified atom stereocenters. The van der Waals surface area contributed by atoms with Crippen molar-refractivity contribution in [1.29, 1.82) is 0 Å². The van der Waals surface area contributed by atoms with E-state index in [4.69, 9.17) is 4.74 Å². The Labute approximate surface area is 111 Å². The number of morpholine rings is 1. The van der Waals surface area contributed by atoms with E-state index in [2.05, 4.69) is 17.1 Å². The summed E-state index contributed by atoms with van der Waals surface area (Å²) in [4.78, 5) is 2.64. The number of hydrogen-bond donors (Lipinski definition) is 1. The van der Waals surface area contributed by atoms with E-state index < -0.39 is 0 Å². The van der Waals surface area contributed by atoms with E-state index in [-0.39, 0.29) is 0 Å². The van der Waals surface area contributed by atoms with Gasteiger partial charge in [0, 0.05) is 25.2 Å². The molecule has 3 rings (SSSR count). The maximum Gasteiger partial charge on any atom is 0.0827 e. The van der Waals surface area contributed by atoms with Gasteiger partial charge in [0.1, 0.15) is 0 Å². The van der Waals surface area contributed by atoms with Crippen molar-refractivity contribution in [2.24, 2.45) is 5.92 Å². The van der Waals surface area contributed by atoms with Crippen LogP contribution in [0, 0.1) is 5.92 Å². The quantitative estimate of drug-likeness (QED) is 0.828. The Morgan fingerprint density at radius 1 is 1.22 bits per heavy atom. The molecule has 0 bridgehead atoms. The first kappa shape index (κ1) is 12.9. The highest BCUT2D eigenvalue weighted by atomic mass is 16.5. The van der Waals surface area contributed by atoms with Gasteiger partial charge in [-0.15, -0.1) is 0 Å². The van der Waals surface area contributed by atoms with E-state index in [1.807, 2.05) is 0 Å². The summed E-state index contributed by atoms with van der Waals surface area (Å²) in [5.74, 6) is 0.910. The SMILES string of the molecule is CCC1CCCC1NCC1CN2CCCC2CO1. The highest BCUT2D eigenvalue weighted by Crippen LogP contribution is 2.28. The van der Waals surface area contributed by atoms with Crippen molar-refractivity contribution in [3.05, 3.63) is 0 Å². The molecule has 0 spiro atoms. The van der Waals surface area contributed by atoms with Gasteiger partial charge in [0.05, 0.1) is 12.7 Å². The average Bonchev–Trinajstić information content (AvgIpc) is 3.04. The smallest absolute Gasteiger partial charge is 0.0827 e. The number of nitrogens with one attached hydrogen (secondary N) is 1. The molecule has 0 aromatic rings. The third-order valence-electron chi connectivity index (χ3n) is 5.25. The molecule has 2 aliphatic heterocycles. The van der Waals surface area contributed by atoms with Gasteiger partial charge >= 0.3 is 0 Å². The molecule has 0 radical (unpaired) electrons. The number of rotatable bonds is 4. The van der Waals surface area contributed by atoms with Gasteiger partial charge in [-0.05, 0) is 38.1 Å². The average molecular weight is 252 g/mol. The minimum absolute atomic E-state index is 0.428. The number of nitrogens with zero attached hydrogens (tertiary/aromatic N) is 1. The van der Waals surface area contributed by atoms with Crippen LogP contribution in [0.1, 0.15) is 45.4 Å². The van der Waals surface area contributed by atoms with Crippen LogP contribution in [0.3, 0.4) is 0 Å². The Kier molecular flexibility index (Phi) is 4.22. The molecule has 3 fully saturated rings. The monoisotopic (exact) mass is 252 g/mol. The normalized spacial score (nSPS) is 41.2. The van der Waals surface area contributed by atoms with E-state index in [1.165, 1.54) is 45.1 Å². The van der Waals surface area contributed by atoms with Crippen LogP contribution in [0.15, 0.2) is 0 Å². The molecule has 1 saturated carbocycles. The van der Waals surface area contributed by atoms with E-state index in [0.29, 0.717) is 6.10 Å². The minimum atomic E-state index is 0.428. The van der Waals surface area contributed by atoms with Crippen molar-refractivity contribution in [3.8, 4) is 0 Å². The second-order valence-electron chi connectivity index (χ2n) is 6.36. The first-order valence-corrected chi connectivity index (χ1v) is 7.96. The first-order chi connectivity index (χ1) is 8.86. The Balaban J connectivity index is 1.43. The van der Waals surface area contributed by atoms with E-state index in [1.54, 1.807) is 0 Å². The fourth-order valence-corrected chi connectivity index (χ4v) is 4.09. The van der Waals surface area contributed by atoms with Gasteiger partial charge < -0.3 is 10.1 Å². The Hall–Kier alpha value is -0.120. The zero-order chi connectivity index (χ0) is 12.4. The van der Waals surface area contributed by atoms with Crippen LogP contribution >= 0.6 is 0 Å². The summed E-state index contributed by atoms with van der Waals surface area (Å²) in [7, 11) is 0. The van der Waals surface area contributed by atoms with Gasteiger partial charge in [0.15, 0.2) is 0 Å². The second-order valence-corrected chi connectivity index (χ2v) is 6.36. The lowest BCUT2D eigenvalue weighted by Crippen LogP contribution is -2.50. The summed E-state index contributed by atoms with van der Waals surface area (Å²) >= 11 is 0. The third-order valence-corrected chi connectivity index (χ3v) is 5.25. The molecule has 104 valence electrons. The second kappa shape index (κ2) is 5.89. The molecule has 1 N–H and O–H groups in total. The van der Waals surface area contributed by atoms with Crippen molar-refractivity contribution in [1.82, 2.24) is 10.2 Å². The van der Waals surface area contributed by atoms with Gasteiger partial charge in [0.2, 0.25) is 0 Å². The Morgan fingerprint density at radius 2 is 2.17 bits per heavy atom. The largest absolute Gasteiger partial charge is 0.374 e. The van der Waals surface area contributed by atoms with E-state index in [9.17, 15) is 0 Å². The fraction of sp³-hybridized carbons (Fsp3) is 1.00. The van der Waals surface area contributed by atoms with Gasteiger partial charge in [-0.25, -0.2) is 0 Å². The summed E-state index contributed by atoms with van der Waals surface area (Å²) < 4.78 is 6.02. The third kappa shape index (κ3) is 2.73. The molecule has 18 heavy (non-hydrogen) atoms. The lowest BCUT2D eigenvalue weighted by Gasteiger charge is -2.36. The molecule has 0 aromatic heterocycles. The Bertz CT molecular complexity index is 271. The molecule has 2 saturated heterocycles. The van der Waals surface area contributed by atoms with Gasteiger partial charge in [-0.3, -0.25) is 4.90 Å². The molecule has 4 atom stereocenters. The van der Waals surface area contributed by atoms with Crippen LogP contribution in [0.25, 0.3) is 0 Å². The van der Waals surface area contributed by atoms with Crippen LogP contribution in [0.4, 0.5) is 0 Å². The van der Waals surface area contributed by atoms with Gasteiger partial charge in [-0.1, -0.05) is 19.8 Å². The number of ether oxygens (including phenoxy) is 1. The highest BCUT2D eigenvalue weighted by Gasteiger charge is 2.33. The first-order valence-electron chi connectivity index (χ1n) is 7.96. The van der Waals surface area contributed by atoms with E-state index in [0.717, 1.165) is 37.7 Å². The summed E-state index contributed by atoms with van der Waals surface area (Å²) in [5.41, 5.74) is 0. The van der Waals surface area contributed by atoms with Gasteiger partial charge in [0.25, 0.3) is 0 Å². The van der Waals surface area contributed by atoms with Crippen LogP contribution in [-0.4, -0.2) is 49.3 Å². The molecule has 3 nitrogen and oxygen atoms in total. The molecule has 3 heteroatoms. The van der Waals surface area contributed by atoms with E-state index >= 15 is 0 Å². The molecular formula is C15H28N2O. The molecule has 1 aliphatic carbocycles. The standard InChI is InChI=1S/C15H28N2O/c1-2-12-5-3-7-15(12)16-9-14-10-17-8-4-6-13(17)11-18-14/h12-16H,2-11H2,1H3. The van der Waals surface area contributed by atoms with Crippen LogP contribution in [-0.2, 0) is 4.74 Å². The lowest BCUT2D eigenvalue weighted by molar-refractivity contribution is -0.0482. The molecule has 0 aromatic carbocycles. The van der Waals surface area contributed by atoms with Crippen molar-refractivity contribution in [2.75, 3.05) is 26.2 Å². The zero-order valence-electron chi connectivity index (χ0n) is 11.7. The summed E-state index contributed by atoms with van der Waals surface area (Å²) in [6, 6.07) is 1.49. The van der Waals surface area contributed by atoms with Crippen molar-refractivity contribution < 1.29 is 4.74 Å².